The molecule has 0 aliphatic carbocycles. The van der Waals surface area contributed by atoms with Gasteiger partial charge in [-0.15, -0.1) is 0 Å². The first-order valence-corrected chi connectivity index (χ1v) is 7.58. The largest absolute Gasteiger partial charge is 0.497 e. The quantitative estimate of drug-likeness (QED) is 0.890. The lowest BCUT2D eigenvalue weighted by Crippen LogP contribution is -2.21. The van der Waals surface area contributed by atoms with Crippen molar-refractivity contribution in [2.45, 2.75) is 20.4 Å². The molecule has 2 aromatic rings. The molecule has 0 saturated carbocycles. The molecule has 1 aromatic carbocycles. The van der Waals surface area contributed by atoms with Crippen molar-refractivity contribution in [1.82, 2.24) is 9.88 Å². The topological polar surface area (TPSA) is 45.3 Å². The monoisotopic (exact) mass is 292 g/mol. The van der Waals surface area contributed by atoms with E-state index in [1.807, 2.05) is 24.3 Å². The molecule has 2 rings (SSSR count). The van der Waals surface area contributed by atoms with Gasteiger partial charge in [-0.1, -0.05) is 25.2 Å². The fourth-order valence-electron chi connectivity index (χ4n) is 2.11. The van der Waals surface area contributed by atoms with Gasteiger partial charge in [-0.3, -0.25) is 9.69 Å². The number of methoxy groups -OCH3 is 1. The fraction of sp³-hybridized carbons (Fsp3) is 0.400. The highest BCUT2D eigenvalue weighted by molar-refractivity contribution is 7.09. The molecule has 1 aromatic heterocycles. The number of hydrogen-bond acceptors (Lipinski definition) is 4. The van der Waals surface area contributed by atoms with Crippen LogP contribution in [-0.2, 0) is 6.54 Å². The van der Waals surface area contributed by atoms with Crippen molar-refractivity contribution in [2.24, 2.45) is 0 Å². The molecular weight excluding hydrogens is 272 g/mol. The lowest BCUT2D eigenvalue weighted by atomic mass is 10.1. The van der Waals surface area contributed by atoms with Crippen molar-refractivity contribution >= 4 is 11.3 Å². The van der Waals surface area contributed by atoms with Crippen LogP contribution in [0.5, 0.6) is 5.75 Å². The number of H-pyrrole nitrogens is 1. The van der Waals surface area contributed by atoms with Crippen LogP contribution in [0.2, 0.25) is 0 Å². The standard InChI is InChI=1S/C15H20N2O2S/c1-4-17(5-2)10-13-14(16-15(18)20-13)11-6-8-12(19-3)9-7-11/h6-9H,4-5,10H2,1-3H3,(H,16,18). The van der Waals surface area contributed by atoms with Crippen LogP contribution in [0.3, 0.4) is 0 Å². The molecule has 0 aliphatic rings. The maximum absolute atomic E-state index is 11.7. The van der Waals surface area contributed by atoms with Crippen molar-refractivity contribution in [3.05, 3.63) is 38.8 Å². The van der Waals surface area contributed by atoms with Crippen LogP contribution in [-0.4, -0.2) is 30.1 Å². The molecule has 20 heavy (non-hydrogen) atoms. The van der Waals surface area contributed by atoms with Gasteiger partial charge in [0.1, 0.15) is 5.75 Å². The average Bonchev–Trinajstić information content (AvgIpc) is 2.85. The van der Waals surface area contributed by atoms with Crippen LogP contribution in [0.25, 0.3) is 11.3 Å². The predicted molar refractivity (Wildman–Crippen MR) is 83.6 cm³/mol. The van der Waals surface area contributed by atoms with Crippen molar-refractivity contribution < 1.29 is 4.74 Å². The molecule has 1 N–H and O–H groups in total. The van der Waals surface area contributed by atoms with Crippen molar-refractivity contribution in [1.29, 1.82) is 0 Å². The molecule has 0 aliphatic heterocycles. The third-order valence-electron chi connectivity index (χ3n) is 3.36. The second-order valence-electron chi connectivity index (χ2n) is 4.50. The number of hydrogen-bond donors (Lipinski definition) is 1. The second-order valence-corrected chi connectivity index (χ2v) is 5.57. The van der Waals surface area contributed by atoms with Gasteiger partial charge in [-0.25, -0.2) is 0 Å². The molecule has 108 valence electrons. The summed E-state index contributed by atoms with van der Waals surface area (Å²) < 4.78 is 5.16. The van der Waals surface area contributed by atoms with Crippen LogP contribution < -0.4 is 9.61 Å². The molecule has 5 heteroatoms. The number of rotatable bonds is 6. The number of nitrogens with one attached hydrogen (secondary N) is 1. The number of benzene rings is 1. The Labute approximate surface area is 123 Å². The molecule has 0 fully saturated rings. The summed E-state index contributed by atoms with van der Waals surface area (Å²) in [6.45, 7) is 7.02. The lowest BCUT2D eigenvalue weighted by Gasteiger charge is -2.17. The number of thiazole rings is 1. The Morgan fingerprint density at radius 3 is 2.40 bits per heavy atom. The van der Waals surface area contributed by atoms with E-state index >= 15 is 0 Å². The highest BCUT2D eigenvalue weighted by Gasteiger charge is 2.12. The first-order chi connectivity index (χ1) is 9.67. The van der Waals surface area contributed by atoms with Gasteiger partial charge in [0.2, 0.25) is 0 Å². The number of aromatic nitrogens is 1. The zero-order chi connectivity index (χ0) is 14.5. The summed E-state index contributed by atoms with van der Waals surface area (Å²) >= 11 is 1.29. The van der Waals surface area contributed by atoms with E-state index in [9.17, 15) is 4.79 Å². The summed E-state index contributed by atoms with van der Waals surface area (Å²) in [4.78, 5) is 18.0. The molecule has 0 unspecified atom stereocenters. The Balaban J connectivity index is 2.33. The van der Waals surface area contributed by atoms with Gasteiger partial charge < -0.3 is 9.72 Å². The minimum atomic E-state index is -0.00188. The Morgan fingerprint density at radius 2 is 1.85 bits per heavy atom. The van der Waals surface area contributed by atoms with E-state index in [1.54, 1.807) is 7.11 Å². The zero-order valence-corrected chi connectivity index (χ0v) is 12.9. The van der Waals surface area contributed by atoms with E-state index in [2.05, 4.69) is 23.7 Å². The first-order valence-electron chi connectivity index (χ1n) is 6.76. The number of nitrogens with zero attached hydrogens (tertiary/aromatic N) is 1. The third kappa shape index (κ3) is 3.29. The lowest BCUT2D eigenvalue weighted by molar-refractivity contribution is 0.298. The van der Waals surface area contributed by atoms with Gasteiger partial charge in [0.25, 0.3) is 0 Å². The Bertz CT molecular complexity index is 597. The summed E-state index contributed by atoms with van der Waals surface area (Å²) in [7, 11) is 1.65. The van der Waals surface area contributed by atoms with Gasteiger partial charge in [-0.2, -0.15) is 0 Å². The minimum absolute atomic E-state index is 0.00188. The highest BCUT2D eigenvalue weighted by atomic mass is 32.1. The molecule has 0 radical (unpaired) electrons. The smallest absolute Gasteiger partial charge is 0.305 e. The zero-order valence-electron chi connectivity index (χ0n) is 12.1. The Morgan fingerprint density at radius 1 is 1.20 bits per heavy atom. The summed E-state index contributed by atoms with van der Waals surface area (Å²) in [5.74, 6) is 0.816. The highest BCUT2D eigenvalue weighted by Crippen LogP contribution is 2.26. The molecule has 0 bridgehead atoms. The molecule has 4 nitrogen and oxygen atoms in total. The molecule has 0 amide bonds. The maximum Gasteiger partial charge on any atom is 0.305 e. The number of aromatic amines is 1. The Kier molecular flexibility index (Phi) is 4.98. The van der Waals surface area contributed by atoms with E-state index in [-0.39, 0.29) is 4.87 Å². The Hall–Kier alpha value is -1.59. The number of ether oxygens (including phenoxy) is 1. The SMILES string of the molecule is CCN(CC)Cc1sc(=O)[nH]c1-c1ccc(OC)cc1. The third-order valence-corrected chi connectivity index (χ3v) is 4.23. The fourth-order valence-corrected chi connectivity index (χ4v) is 3.01. The summed E-state index contributed by atoms with van der Waals surface area (Å²) in [5, 5.41) is 0. The minimum Gasteiger partial charge on any atom is -0.497 e. The maximum atomic E-state index is 11.7. The molecule has 1 heterocycles. The van der Waals surface area contributed by atoms with E-state index < -0.39 is 0 Å². The van der Waals surface area contributed by atoms with Gasteiger partial charge in [0, 0.05) is 11.4 Å². The van der Waals surface area contributed by atoms with Gasteiger partial charge in [0.15, 0.2) is 0 Å². The summed E-state index contributed by atoms with van der Waals surface area (Å²) in [5.41, 5.74) is 1.95. The second kappa shape index (κ2) is 6.72. The summed E-state index contributed by atoms with van der Waals surface area (Å²) in [6, 6.07) is 7.77. The normalized spacial score (nSPS) is 11.0. The van der Waals surface area contributed by atoms with E-state index in [0.29, 0.717) is 0 Å². The van der Waals surface area contributed by atoms with E-state index in [0.717, 1.165) is 41.5 Å². The van der Waals surface area contributed by atoms with Gasteiger partial charge in [-0.05, 0) is 42.9 Å². The van der Waals surface area contributed by atoms with Crippen LogP contribution in [0.4, 0.5) is 0 Å². The van der Waals surface area contributed by atoms with Crippen LogP contribution in [0.1, 0.15) is 18.7 Å². The van der Waals surface area contributed by atoms with Crippen LogP contribution in [0.15, 0.2) is 29.1 Å². The average molecular weight is 292 g/mol. The van der Waals surface area contributed by atoms with E-state index in [1.165, 1.54) is 11.3 Å². The van der Waals surface area contributed by atoms with Gasteiger partial charge in [0.05, 0.1) is 12.8 Å². The molecule has 0 atom stereocenters. The first kappa shape index (κ1) is 14.8. The molecular formula is C15H20N2O2S. The van der Waals surface area contributed by atoms with Crippen molar-refractivity contribution in [2.75, 3.05) is 20.2 Å². The molecule has 0 saturated heterocycles. The van der Waals surface area contributed by atoms with E-state index in [4.69, 9.17) is 4.74 Å². The van der Waals surface area contributed by atoms with Crippen LogP contribution >= 0.6 is 11.3 Å². The predicted octanol–water partition coefficient (Wildman–Crippen LogP) is 2.95. The summed E-state index contributed by atoms with van der Waals surface area (Å²) in [6.07, 6.45) is 0. The van der Waals surface area contributed by atoms with Crippen LogP contribution in [0, 0.1) is 0 Å². The van der Waals surface area contributed by atoms with Crippen molar-refractivity contribution in [3.63, 3.8) is 0 Å². The van der Waals surface area contributed by atoms with Gasteiger partial charge >= 0.3 is 4.87 Å². The molecule has 0 spiro atoms. The van der Waals surface area contributed by atoms with Crippen molar-refractivity contribution in [3.8, 4) is 17.0 Å².